The topological polar surface area (TPSA) is 57.7 Å². The maximum absolute atomic E-state index is 13.5. The normalized spacial score (nSPS) is 19.0. The molecule has 1 saturated heterocycles. The molecule has 0 amide bonds. The molecule has 7 heteroatoms. The lowest BCUT2D eigenvalue weighted by Crippen LogP contribution is -2.39. The fourth-order valence-electron chi connectivity index (χ4n) is 2.94. The van der Waals surface area contributed by atoms with E-state index in [0.29, 0.717) is 24.5 Å². The summed E-state index contributed by atoms with van der Waals surface area (Å²) < 4.78 is 26.9. The number of nitrogens with one attached hydrogen (secondary N) is 1. The Morgan fingerprint density at radius 3 is 2.43 bits per heavy atom. The van der Waals surface area contributed by atoms with Crippen molar-refractivity contribution in [2.24, 2.45) is 0 Å². The second kappa shape index (κ2) is 6.26. The molecular weight excluding hydrogens is 276 g/mol. The molecule has 1 aromatic carbocycles. The Balaban J connectivity index is 1.69. The van der Waals surface area contributed by atoms with E-state index in [1.165, 1.54) is 0 Å². The standard InChI is InChI=1S/C14H17F2N5/c15-13(16)12(10-4-2-1-3-5-10)21-8-6-11(7-9-21)14-17-19-20-18-14/h1-5,11-13H,6-9H2,(H,17,18,19,20). The van der Waals surface area contributed by atoms with Gasteiger partial charge in [-0.15, -0.1) is 10.2 Å². The van der Waals surface area contributed by atoms with Gasteiger partial charge < -0.3 is 0 Å². The molecule has 1 aliphatic rings. The Morgan fingerprint density at radius 2 is 1.86 bits per heavy atom. The molecule has 1 aliphatic heterocycles. The van der Waals surface area contributed by atoms with Gasteiger partial charge in [-0.25, -0.2) is 8.78 Å². The first-order chi connectivity index (χ1) is 10.3. The highest BCUT2D eigenvalue weighted by Crippen LogP contribution is 2.33. The Hall–Kier alpha value is -1.89. The number of piperidine rings is 1. The van der Waals surface area contributed by atoms with Crippen LogP contribution in [0.5, 0.6) is 0 Å². The summed E-state index contributed by atoms with van der Waals surface area (Å²) in [5, 5.41) is 14.0. The Bertz CT molecular complexity index is 538. The van der Waals surface area contributed by atoms with Crippen LogP contribution < -0.4 is 0 Å². The number of benzene rings is 1. The van der Waals surface area contributed by atoms with Crippen molar-refractivity contribution >= 4 is 0 Å². The monoisotopic (exact) mass is 293 g/mol. The molecular formula is C14H17F2N5. The average Bonchev–Trinajstić information content (AvgIpc) is 3.03. The van der Waals surface area contributed by atoms with E-state index in [0.717, 1.165) is 12.8 Å². The molecule has 0 bridgehead atoms. The summed E-state index contributed by atoms with van der Waals surface area (Å²) in [5.74, 6) is 0.886. The van der Waals surface area contributed by atoms with Crippen LogP contribution in [0, 0.1) is 0 Å². The fourth-order valence-corrected chi connectivity index (χ4v) is 2.94. The Labute approximate surface area is 121 Å². The van der Waals surface area contributed by atoms with Crippen molar-refractivity contribution in [3.05, 3.63) is 41.7 Å². The molecule has 112 valence electrons. The van der Waals surface area contributed by atoms with E-state index in [1.54, 1.807) is 24.3 Å². The van der Waals surface area contributed by atoms with Crippen molar-refractivity contribution in [1.29, 1.82) is 0 Å². The molecule has 1 fully saturated rings. The molecule has 0 saturated carbocycles. The van der Waals surface area contributed by atoms with E-state index >= 15 is 0 Å². The smallest absolute Gasteiger partial charge is 0.258 e. The van der Waals surface area contributed by atoms with Crippen molar-refractivity contribution in [2.75, 3.05) is 13.1 Å². The minimum absolute atomic E-state index is 0.203. The van der Waals surface area contributed by atoms with Crippen LogP contribution >= 0.6 is 0 Å². The molecule has 0 radical (unpaired) electrons. The molecule has 3 rings (SSSR count). The first kappa shape index (κ1) is 14.1. The second-order valence-corrected chi connectivity index (χ2v) is 5.27. The van der Waals surface area contributed by atoms with E-state index in [1.807, 2.05) is 11.0 Å². The van der Waals surface area contributed by atoms with Crippen molar-refractivity contribution in [3.63, 3.8) is 0 Å². The number of hydrogen-bond donors (Lipinski definition) is 1. The first-order valence-electron chi connectivity index (χ1n) is 7.06. The minimum Gasteiger partial charge on any atom is -0.291 e. The summed E-state index contributed by atoms with van der Waals surface area (Å²) in [5.41, 5.74) is 0.672. The van der Waals surface area contributed by atoms with Gasteiger partial charge in [0.25, 0.3) is 6.43 Å². The molecule has 5 nitrogen and oxygen atoms in total. The maximum atomic E-state index is 13.5. The van der Waals surface area contributed by atoms with Crippen LogP contribution in [-0.4, -0.2) is 45.0 Å². The minimum atomic E-state index is -2.39. The van der Waals surface area contributed by atoms with Crippen LogP contribution in [0.15, 0.2) is 30.3 Å². The summed E-state index contributed by atoms with van der Waals surface area (Å²) >= 11 is 0. The number of alkyl halides is 2. The summed E-state index contributed by atoms with van der Waals surface area (Å²) in [7, 11) is 0. The highest BCUT2D eigenvalue weighted by atomic mass is 19.3. The number of aromatic nitrogens is 4. The van der Waals surface area contributed by atoms with Gasteiger partial charge in [-0.3, -0.25) is 4.90 Å². The van der Waals surface area contributed by atoms with Crippen LogP contribution in [0.1, 0.15) is 36.2 Å². The van der Waals surface area contributed by atoms with Gasteiger partial charge in [0.2, 0.25) is 0 Å². The lowest BCUT2D eigenvalue weighted by atomic mass is 9.94. The average molecular weight is 293 g/mol. The molecule has 0 spiro atoms. The van der Waals surface area contributed by atoms with Gasteiger partial charge in [0, 0.05) is 5.92 Å². The number of tetrazole rings is 1. The lowest BCUT2D eigenvalue weighted by Gasteiger charge is -2.36. The van der Waals surface area contributed by atoms with Crippen LogP contribution in [0.25, 0.3) is 0 Å². The molecule has 2 heterocycles. The molecule has 1 aromatic heterocycles. The van der Waals surface area contributed by atoms with Gasteiger partial charge in [-0.05, 0) is 31.5 Å². The van der Waals surface area contributed by atoms with Gasteiger partial charge in [-0.2, -0.15) is 5.21 Å². The molecule has 1 atom stereocenters. The number of aromatic amines is 1. The number of hydrogen-bond acceptors (Lipinski definition) is 4. The molecule has 21 heavy (non-hydrogen) atoms. The zero-order valence-corrected chi connectivity index (χ0v) is 11.5. The van der Waals surface area contributed by atoms with Crippen LogP contribution in [0.2, 0.25) is 0 Å². The first-order valence-corrected chi connectivity index (χ1v) is 7.06. The number of nitrogens with zero attached hydrogens (tertiary/aromatic N) is 4. The summed E-state index contributed by atoms with van der Waals surface area (Å²) in [4.78, 5) is 1.86. The largest absolute Gasteiger partial charge is 0.291 e. The van der Waals surface area contributed by atoms with E-state index in [9.17, 15) is 8.78 Å². The predicted octanol–water partition coefficient (Wildman–Crippen LogP) is 2.39. The quantitative estimate of drug-likeness (QED) is 0.940. The third kappa shape index (κ3) is 3.07. The van der Waals surface area contributed by atoms with E-state index in [-0.39, 0.29) is 5.92 Å². The molecule has 1 unspecified atom stereocenters. The van der Waals surface area contributed by atoms with Gasteiger partial charge >= 0.3 is 0 Å². The van der Waals surface area contributed by atoms with Gasteiger partial charge in [0.05, 0.1) is 6.04 Å². The number of H-pyrrole nitrogens is 1. The van der Waals surface area contributed by atoms with Gasteiger partial charge in [0.15, 0.2) is 5.82 Å². The Morgan fingerprint density at radius 1 is 1.14 bits per heavy atom. The highest BCUT2D eigenvalue weighted by Gasteiger charge is 2.33. The third-order valence-electron chi connectivity index (χ3n) is 4.03. The van der Waals surface area contributed by atoms with Crippen LogP contribution in [-0.2, 0) is 0 Å². The van der Waals surface area contributed by atoms with Crippen molar-refractivity contribution in [3.8, 4) is 0 Å². The maximum Gasteiger partial charge on any atom is 0.258 e. The summed E-state index contributed by atoms with van der Waals surface area (Å²) in [6, 6.07) is 8.14. The molecule has 0 aliphatic carbocycles. The third-order valence-corrected chi connectivity index (χ3v) is 4.03. The number of likely N-dealkylation sites (tertiary alicyclic amines) is 1. The predicted molar refractivity (Wildman–Crippen MR) is 72.9 cm³/mol. The van der Waals surface area contributed by atoms with E-state index < -0.39 is 12.5 Å². The van der Waals surface area contributed by atoms with Crippen molar-refractivity contribution in [2.45, 2.75) is 31.2 Å². The number of rotatable bonds is 4. The number of halogens is 2. The van der Waals surface area contributed by atoms with Crippen LogP contribution in [0.3, 0.4) is 0 Å². The highest BCUT2D eigenvalue weighted by molar-refractivity contribution is 5.20. The van der Waals surface area contributed by atoms with Crippen molar-refractivity contribution < 1.29 is 8.78 Å². The zero-order chi connectivity index (χ0) is 14.7. The summed E-state index contributed by atoms with van der Waals surface area (Å²) in [6.45, 7) is 1.23. The van der Waals surface area contributed by atoms with Crippen molar-refractivity contribution in [1.82, 2.24) is 25.5 Å². The van der Waals surface area contributed by atoms with Gasteiger partial charge in [0.1, 0.15) is 0 Å². The van der Waals surface area contributed by atoms with Gasteiger partial charge in [-0.1, -0.05) is 35.5 Å². The van der Waals surface area contributed by atoms with E-state index in [2.05, 4.69) is 20.6 Å². The fraction of sp³-hybridized carbons (Fsp3) is 0.500. The van der Waals surface area contributed by atoms with E-state index in [4.69, 9.17) is 0 Å². The summed E-state index contributed by atoms with van der Waals surface area (Å²) in [6.07, 6.45) is -0.848. The lowest BCUT2D eigenvalue weighted by molar-refractivity contribution is 0.0116. The Kier molecular flexibility index (Phi) is 4.19. The van der Waals surface area contributed by atoms with Crippen LogP contribution in [0.4, 0.5) is 8.78 Å². The zero-order valence-electron chi connectivity index (χ0n) is 11.5. The molecule has 2 aromatic rings. The second-order valence-electron chi connectivity index (χ2n) is 5.27. The SMILES string of the molecule is FC(F)C(c1ccccc1)N1CCC(c2nn[nH]n2)CC1. The molecule has 1 N–H and O–H groups in total.